The molecule has 3 rings (SSSR count). The van der Waals surface area contributed by atoms with Crippen molar-refractivity contribution in [3.63, 3.8) is 0 Å². The van der Waals surface area contributed by atoms with Gasteiger partial charge in [-0.05, 0) is 43.3 Å². The Morgan fingerprint density at radius 1 is 1.21 bits per heavy atom. The van der Waals surface area contributed by atoms with Crippen LogP contribution in [0.15, 0.2) is 59.0 Å². The molecule has 2 aromatic carbocycles. The highest BCUT2D eigenvalue weighted by Gasteiger charge is 2.14. The highest BCUT2D eigenvalue weighted by molar-refractivity contribution is 5.79. The monoisotopic (exact) mass is 327 g/mol. The Labute approximate surface area is 139 Å². The lowest BCUT2D eigenvalue weighted by molar-refractivity contribution is -0.122. The first kappa shape index (κ1) is 16.1. The number of fused-ring (bicyclic) bond motifs is 1. The fourth-order valence-electron chi connectivity index (χ4n) is 2.39. The number of para-hydroxylation sites is 1. The number of halogens is 1. The molecule has 3 aromatic rings. The van der Waals surface area contributed by atoms with Gasteiger partial charge >= 0.3 is 0 Å². The molecule has 1 atom stereocenters. The second-order valence-electron chi connectivity index (χ2n) is 5.53. The van der Waals surface area contributed by atoms with E-state index in [1.165, 1.54) is 24.3 Å². The average Bonchev–Trinajstić information content (AvgIpc) is 3.01. The number of furan rings is 1. The lowest BCUT2D eigenvalue weighted by Gasteiger charge is -2.12. The average molecular weight is 327 g/mol. The number of hydrogen-bond donors (Lipinski definition) is 1. The SMILES string of the molecule is CC(NC(=O)CCOc1ccc(F)cc1)c1cc2ccccc2o1. The largest absolute Gasteiger partial charge is 0.493 e. The quantitative estimate of drug-likeness (QED) is 0.737. The number of benzene rings is 2. The zero-order valence-electron chi connectivity index (χ0n) is 13.3. The van der Waals surface area contributed by atoms with E-state index < -0.39 is 0 Å². The van der Waals surface area contributed by atoms with E-state index in [1.54, 1.807) is 0 Å². The molecule has 0 fully saturated rings. The van der Waals surface area contributed by atoms with Crippen LogP contribution in [0.3, 0.4) is 0 Å². The molecule has 5 heteroatoms. The minimum absolute atomic E-state index is 0.134. The van der Waals surface area contributed by atoms with Gasteiger partial charge in [0.15, 0.2) is 0 Å². The number of amides is 1. The summed E-state index contributed by atoms with van der Waals surface area (Å²) in [6.07, 6.45) is 0.210. The first-order valence-corrected chi connectivity index (χ1v) is 7.78. The van der Waals surface area contributed by atoms with Crippen molar-refractivity contribution in [3.05, 3.63) is 66.2 Å². The summed E-state index contributed by atoms with van der Waals surface area (Å²) >= 11 is 0. The zero-order valence-corrected chi connectivity index (χ0v) is 13.3. The molecule has 0 bridgehead atoms. The Hall–Kier alpha value is -2.82. The summed E-state index contributed by atoms with van der Waals surface area (Å²) in [4.78, 5) is 12.0. The van der Waals surface area contributed by atoms with Gasteiger partial charge in [-0.15, -0.1) is 0 Å². The van der Waals surface area contributed by atoms with E-state index in [4.69, 9.17) is 9.15 Å². The van der Waals surface area contributed by atoms with Crippen molar-refractivity contribution in [1.29, 1.82) is 0 Å². The Kier molecular flexibility index (Phi) is 4.79. The van der Waals surface area contributed by atoms with Crippen molar-refractivity contribution in [2.24, 2.45) is 0 Å². The van der Waals surface area contributed by atoms with Crippen LogP contribution in [-0.2, 0) is 4.79 Å². The summed E-state index contributed by atoms with van der Waals surface area (Å²) in [6, 6.07) is 15.1. The Bertz CT molecular complexity index is 793. The number of ether oxygens (including phenoxy) is 1. The minimum Gasteiger partial charge on any atom is -0.493 e. The van der Waals surface area contributed by atoms with Gasteiger partial charge in [-0.25, -0.2) is 4.39 Å². The van der Waals surface area contributed by atoms with Crippen molar-refractivity contribution in [2.75, 3.05) is 6.61 Å². The van der Waals surface area contributed by atoms with E-state index in [0.717, 1.165) is 11.0 Å². The summed E-state index contributed by atoms with van der Waals surface area (Å²) in [6.45, 7) is 2.10. The Morgan fingerprint density at radius 2 is 1.96 bits per heavy atom. The zero-order chi connectivity index (χ0) is 16.9. The van der Waals surface area contributed by atoms with Gasteiger partial charge in [-0.3, -0.25) is 4.79 Å². The summed E-state index contributed by atoms with van der Waals surface area (Å²) in [7, 11) is 0. The smallest absolute Gasteiger partial charge is 0.224 e. The van der Waals surface area contributed by atoms with Crippen LogP contribution in [-0.4, -0.2) is 12.5 Å². The maximum Gasteiger partial charge on any atom is 0.224 e. The van der Waals surface area contributed by atoms with Gasteiger partial charge < -0.3 is 14.5 Å². The number of hydrogen-bond acceptors (Lipinski definition) is 3. The summed E-state index contributed by atoms with van der Waals surface area (Å²) in [5, 5.41) is 3.89. The molecule has 0 spiro atoms. The van der Waals surface area contributed by atoms with E-state index in [1.807, 2.05) is 37.3 Å². The second-order valence-corrected chi connectivity index (χ2v) is 5.53. The molecular formula is C19H18FNO3. The first-order chi connectivity index (χ1) is 11.6. The van der Waals surface area contributed by atoms with Crippen LogP contribution >= 0.6 is 0 Å². The topological polar surface area (TPSA) is 51.5 Å². The molecule has 0 aliphatic heterocycles. The van der Waals surface area contributed by atoms with E-state index in [9.17, 15) is 9.18 Å². The predicted octanol–water partition coefficient (Wildman–Crippen LogP) is 4.22. The van der Waals surface area contributed by atoms with Crippen molar-refractivity contribution in [3.8, 4) is 5.75 Å². The number of rotatable bonds is 6. The first-order valence-electron chi connectivity index (χ1n) is 7.78. The molecule has 4 nitrogen and oxygen atoms in total. The van der Waals surface area contributed by atoms with E-state index in [0.29, 0.717) is 11.5 Å². The molecule has 1 unspecified atom stereocenters. The summed E-state index contributed by atoms with van der Waals surface area (Å²) < 4.78 is 23.9. The lowest BCUT2D eigenvalue weighted by atomic mass is 10.2. The van der Waals surface area contributed by atoms with E-state index in [2.05, 4.69) is 5.32 Å². The molecule has 0 saturated carbocycles. The van der Waals surface area contributed by atoms with Crippen molar-refractivity contribution < 1.29 is 18.3 Å². The van der Waals surface area contributed by atoms with Crippen LogP contribution in [0.5, 0.6) is 5.75 Å². The number of nitrogens with one attached hydrogen (secondary N) is 1. The molecular weight excluding hydrogens is 309 g/mol. The molecule has 0 radical (unpaired) electrons. The Morgan fingerprint density at radius 3 is 2.71 bits per heavy atom. The second kappa shape index (κ2) is 7.17. The highest BCUT2D eigenvalue weighted by atomic mass is 19.1. The molecule has 24 heavy (non-hydrogen) atoms. The third-order valence-corrected chi connectivity index (χ3v) is 3.66. The van der Waals surface area contributed by atoms with Gasteiger partial charge in [0.25, 0.3) is 0 Å². The van der Waals surface area contributed by atoms with Gasteiger partial charge in [0.05, 0.1) is 19.1 Å². The van der Waals surface area contributed by atoms with Crippen LogP contribution in [0.4, 0.5) is 4.39 Å². The van der Waals surface area contributed by atoms with Crippen molar-refractivity contribution >= 4 is 16.9 Å². The number of carbonyl (C=O) groups excluding carboxylic acids is 1. The predicted molar refractivity (Wildman–Crippen MR) is 89.3 cm³/mol. The van der Waals surface area contributed by atoms with Crippen LogP contribution in [0.2, 0.25) is 0 Å². The number of carbonyl (C=O) groups is 1. The molecule has 1 aromatic heterocycles. The minimum atomic E-state index is -0.320. The fourth-order valence-corrected chi connectivity index (χ4v) is 2.39. The van der Waals surface area contributed by atoms with Gasteiger partial charge in [0.1, 0.15) is 22.9 Å². The standard InChI is InChI=1S/C19H18FNO3/c1-13(18-12-14-4-2-3-5-17(14)24-18)21-19(22)10-11-23-16-8-6-15(20)7-9-16/h2-9,12-13H,10-11H2,1H3,(H,21,22). The van der Waals surface area contributed by atoms with Crippen LogP contribution < -0.4 is 10.1 Å². The van der Waals surface area contributed by atoms with Gasteiger partial charge in [-0.2, -0.15) is 0 Å². The Balaban J connectivity index is 1.49. The van der Waals surface area contributed by atoms with Crippen molar-refractivity contribution in [1.82, 2.24) is 5.32 Å². The molecule has 124 valence electrons. The molecule has 0 saturated heterocycles. The molecule has 1 amide bonds. The molecule has 1 N–H and O–H groups in total. The van der Waals surface area contributed by atoms with Gasteiger partial charge in [0, 0.05) is 5.39 Å². The summed E-state index contributed by atoms with van der Waals surface area (Å²) in [5.74, 6) is 0.795. The van der Waals surface area contributed by atoms with Crippen molar-refractivity contribution in [2.45, 2.75) is 19.4 Å². The maximum absolute atomic E-state index is 12.8. The van der Waals surface area contributed by atoms with E-state index in [-0.39, 0.29) is 30.8 Å². The third kappa shape index (κ3) is 3.93. The molecule has 0 aliphatic rings. The van der Waals surface area contributed by atoms with Crippen LogP contribution in [0.25, 0.3) is 11.0 Å². The fraction of sp³-hybridized carbons (Fsp3) is 0.211. The van der Waals surface area contributed by atoms with Crippen LogP contribution in [0.1, 0.15) is 25.1 Å². The van der Waals surface area contributed by atoms with Gasteiger partial charge in [-0.1, -0.05) is 18.2 Å². The highest BCUT2D eigenvalue weighted by Crippen LogP contribution is 2.23. The molecule has 0 aliphatic carbocycles. The molecule has 1 heterocycles. The van der Waals surface area contributed by atoms with Crippen LogP contribution in [0, 0.1) is 5.82 Å². The van der Waals surface area contributed by atoms with Gasteiger partial charge in [0.2, 0.25) is 5.91 Å². The maximum atomic E-state index is 12.8. The third-order valence-electron chi connectivity index (χ3n) is 3.66. The summed E-state index contributed by atoms with van der Waals surface area (Å²) in [5.41, 5.74) is 0.799. The van der Waals surface area contributed by atoms with E-state index >= 15 is 0 Å². The lowest BCUT2D eigenvalue weighted by Crippen LogP contribution is -2.27. The normalized spacial score (nSPS) is 12.1.